The maximum absolute atomic E-state index is 13.4. The molecule has 0 aromatic heterocycles. The molecule has 3 aromatic rings. The Morgan fingerprint density at radius 1 is 0.739 bits per heavy atom. The minimum absolute atomic E-state index is 0.260. The van der Waals surface area contributed by atoms with Crippen LogP contribution >= 0.6 is 0 Å². The summed E-state index contributed by atoms with van der Waals surface area (Å²) in [6.07, 6.45) is -7.65. The molecule has 2 aliphatic heterocycles. The van der Waals surface area contributed by atoms with E-state index in [1.807, 2.05) is 0 Å². The van der Waals surface area contributed by atoms with Crippen molar-refractivity contribution in [2.24, 2.45) is 0 Å². The molecule has 2 heterocycles. The first-order valence-corrected chi connectivity index (χ1v) is 13.1. The van der Waals surface area contributed by atoms with E-state index in [2.05, 4.69) is 0 Å². The highest BCUT2D eigenvalue weighted by Gasteiger charge is 2.49. The minimum Gasteiger partial charge on any atom is -0.504 e. The minimum atomic E-state index is -2.09. The van der Waals surface area contributed by atoms with E-state index in [0.717, 1.165) is 18.2 Å². The van der Waals surface area contributed by atoms with Crippen LogP contribution in [0.5, 0.6) is 46.0 Å². The van der Waals surface area contributed by atoms with E-state index in [0.29, 0.717) is 12.1 Å². The van der Waals surface area contributed by atoms with Crippen molar-refractivity contribution >= 4 is 24.0 Å². The zero-order valence-electron chi connectivity index (χ0n) is 23.0. The van der Waals surface area contributed by atoms with Gasteiger partial charge in [0.15, 0.2) is 40.6 Å². The molecule has 0 spiro atoms. The second-order valence-corrected chi connectivity index (χ2v) is 10.0. The van der Waals surface area contributed by atoms with E-state index in [4.69, 9.17) is 18.9 Å². The summed E-state index contributed by atoms with van der Waals surface area (Å²) in [6, 6.07) is 4.80. The Hall–Kier alpha value is -5.91. The lowest BCUT2D eigenvalue weighted by Gasteiger charge is -2.41. The first-order chi connectivity index (χ1) is 21.7. The van der Waals surface area contributed by atoms with Crippen molar-refractivity contribution in [1.82, 2.24) is 0 Å². The van der Waals surface area contributed by atoms with Crippen LogP contribution in [0.15, 0.2) is 36.4 Å². The number of aliphatic hydroxyl groups excluding tert-OH is 2. The summed E-state index contributed by atoms with van der Waals surface area (Å²) in [5.74, 6) is -12.0. The summed E-state index contributed by atoms with van der Waals surface area (Å²) < 4.78 is 21.1. The molecule has 2 aliphatic rings. The molecule has 0 saturated carbocycles. The van der Waals surface area contributed by atoms with Crippen LogP contribution in [-0.2, 0) is 23.7 Å². The third-order valence-corrected chi connectivity index (χ3v) is 7.10. The highest BCUT2D eigenvalue weighted by atomic mass is 16.7. The number of rotatable bonds is 3. The topological polar surface area (TPSA) is 290 Å². The molecule has 0 bridgehead atoms. The van der Waals surface area contributed by atoms with Gasteiger partial charge in [-0.1, -0.05) is 6.07 Å². The lowest BCUT2D eigenvalue weighted by Crippen LogP contribution is -2.61. The van der Waals surface area contributed by atoms with E-state index in [-0.39, 0.29) is 5.56 Å². The third kappa shape index (κ3) is 5.56. The average Bonchev–Trinajstić information content (AvgIpc) is 3.03. The van der Waals surface area contributed by atoms with Gasteiger partial charge in [0.1, 0.15) is 24.9 Å². The molecule has 0 unspecified atom stereocenters. The lowest BCUT2D eigenvalue weighted by atomic mass is 9.92. The van der Waals surface area contributed by atoms with E-state index in [9.17, 15) is 65.4 Å². The van der Waals surface area contributed by atoms with Gasteiger partial charge >= 0.3 is 17.9 Å². The molecule has 0 radical (unpaired) electrons. The molecule has 17 nitrogen and oxygen atoms in total. The zero-order valence-corrected chi connectivity index (χ0v) is 23.0. The maximum atomic E-state index is 13.4. The van der Waals surface area contributed by atoms with Crippen molar-refractivity contribution in [2.45, 2.75) is 30.7 Å². The average molecular weight is 644 g/mol. The van der Waals surface area contributed by atoms with Gasteiger partial charge in [-0.2, -0.15) is 0 Å². The summed E-state index contributed by atoms with van der Waals surface area (Å²) in [5, 5.41) is 102. The van der Waals surface area contributed by atoms with Gasteiger partial charge in [0, 0.05) is 17.2 Å². The predicted molar refractivity (Wildman–Crippen MR) is 147 cm³/mol. The molecule has 46 heavy (non-hydrogen) atoms. The van der Waals surface area contributed by atoms with Crippen molar-refractivity contribution in [1.29, 1.82) is 0 Å². The van der Waals surface area contributed by atoms with Crippen molar-refractivity contribution in [2.75, 3.05) is 6.61 Å². The van der Waals surface area contributed by atoms with Gasteiger partial charge < -0.3 is 70.0 Å². The second kappa shape index (κ2) is 11.9. The van der Waals surface area contributed by atoms with Gasteiger partial charge in [-0.15, -0.1) is 0 Å². The molecular formula is C29H24O17. The number of cyclic esters (lactones) is 1. The summed E-state index contributed by atoms with van der Waals surface area (Å²) >= 11 is 0. The summed E-state index contributed by atoms with van der Waals surface area (Å²) in [5.41, 5.74) is -3.07. The number of benzene rings is 3. The zero-order chi connectivity index (χ0) is 33.6. The van der Waals surface area contributed by atoms with Gasteiger partial charge in [0.05, 0.1) is 11.1 Å². The number of phenols is 8. The number of ether oxygens (including phenoxy) is 4. The molecule has 5 rings (SSSR count). The molecule has 17 heteroatoms. The number of esters is 3. The normalized spacial score (nSPS) is 22.9. The van der Waals surface area contributed by atoms with Crippen LogP contribution in [0.3, 0.4) is 0 Å². The van der Waals surface area contributed by atoms with Crippen LogP contribution in [0.2, 0.25) is 0 Å². The highest BCUT2D eigenvalue weighted by Crippen LogP contribution is 2.52. The molecule has 0 amide bonds. The number of aromatic hydroxyl groups is 8. The Kier molecular flexibility index (Phi) is 8.14. The molecule has 5 atom stereocenters. The van der Waals surface area contributed by atoms with Crippen molar-refractivity contribution in [3.8, 4) is 57.1 Å². The lowest BCUT2D eigenvalue weighted by molar-refractivity contribution is -0.290. The quantitative estimate of drug-likeness (QED) is 0.0798. The van der Waals surface area contributed by atoms with Crippen molar-refractivity contribution in [3.05, 3.63) is 53.1 Å². The fourth-order valence-corrected chi connectivity index (χ4v) is 4.78. The van der Waals surface area contributed by atoms with Crippen LogP contribution in [0.4, 0.5) is 0 Å². The van der Waals surface area contributed by atoms with Crippen LogP contribution in [-0.4, -0.2) is 106 Å². The summed E-state index contributed by atoms with van der Waals surface area (Å²) in [7, 11) is 0. The molecule has 10 N–H and O–H groups in total. The number of phenolic OH excluding ortho intramolecular Hbond substituents is 8. The Bertz CT molecular complexity index is 1780. The molecule has 1 saturated heterocycles. The van der Waals surface area contributed by atoms with E-state index < -0.39 is 123 Å². The van der Waals surface area contributed by atoms with Gasteiger partial charge in [-0.25, -0.2) is 14.4 Å². The Morgan fingerprint density at radius 3 is 1.91 bits per heavy atom. The number of carbonyl (C=O) groups excluding carboxylic acids is 3. The number of carbonyl (C=O) groups is 3. The highest BCUT2D eigenvalue weighted by molar-refractivity contribution is 6.08. The standard InChI is InChI=1S/C29H24O17/c30-12-3-1-9(5-13(12)31)2-4-17(34)45-29-25(40)24(39)26-16(44-29)8-43-27(41)10-6-14(32)20(35)22(37)18(10)19-11(28(42)46-26)7-15(33)21(36)23(19)38/h1-7,16,24-26,29-33,35-40H,8H2/t16-,24+,25-,26-,29+/m1/s1. The molecule has 3 aromatic carbocycles. The monoisotopic (exact) mass is 644 g/mol. The van der Waals surface area contributed by atoms with Crippen molar-refractivity contribution in [3.63, 3.8) is 0 Å². The fraction of sp³-hybridized carbons (Fsp3) is 0.207. The Morgan fingerprint density at radius 2 is 1.33 bits per heavy atom. The van der Waals surface area contributed by atoms with Gasteiger partial charge in [-0.3, -0.25) is 0 Å². The Labute approximate surface area is 256 Å². The van der Waals surface area contributed by atoms with E-state index in [1.54, 1.807) is 0 Å². The van der Waals surface area contributed by atoms with E-state index >= 15 is 0 Å². The number of hydrogen-bond donors (Lipinski definition) is 10. The SMILES string of the molecule is O=C(C=Cc1ccc(O)c(O)c1)O[C@@H]1O[C@@H]2COC(=O)c3cc(O)c(O)c(O)c3-c3c(cc(O)c(O)c3O)C(=O)O[C@H]2[C@@H](O)[C@H]1O. The third-order valence-electron chi connectivity index (χ3n) is 7.10. The summed E-state index contributed by atoms with van der Waals surface area (Å²) in [4.78, 5) is 39.1. The number of aliphatic hydroxyl groups is 2. The van der Waals surface area contributed by atoms with Crippen molar-refractivity contribution < 1.29 is 84.4 Å². The number of hydrogen-bond acceptors (Lipinski definition) is 17. The predicted octanol–water partition coefficient (Wildman–Crippen LogP) is 0.397. The van der Waals surface area contributed by atoms with Crippen LogP contribution < -0.4 is 0 Å². The first-order valence-electron chi connectivity index (χ1n) is 13.1. The largest absolute Gasteiger partial charge is 0.504 e. The fourth-order valence-electron chi connectivity index (χ4n) is 4.78. The smallest absolute Gasteiger partial charge is 0.339 e. The molecule has 0 aliphatic carbocycles. The summed E-state index contributed by atoms with van der Waals surface area (Å²) in [6.45, 7) is -0.891. The van der Waals surface area contributed by atoms with E-state index in [1.165, 1.54) is 12.1 Å². The van der Waals surface area contributed by atoms with Gasteiger partial charge in [0.25, 0.3) is 0 Å². The molecular weight excluding hydrogens is 620 g/mol. The maximum Gasteiger partial charge on any atom is 0.339 e. The van der Waals surface area contributed by atoms with Gasteiger partial charge in [0.2, 0.25) is 17.8 Å². The van der Waals surface area contributed by atoms with Crippen LogP contribution in [0, 0.1) is 0 Å². The van der Waals surface area contributed by atoms with Crippen LogP contribution in [0.25, 0.3) is 17.2 Å². The molecule has 1 fully saturated rings. The Balaban J connectivity index is 1.51. The first kappa shape index (κ1) is 31.5. The molecule has 242 valence electrons. The second-order valence-electron chi connectivity index (χ2n) is 10.0. The van der Waals surface area contributed by atoms with Gasteiger partial charge in [-0.05, 0) is 35.9 Å². The number of fused-ring (bicyclic) bond motifs is 4. The van der Waals surface area contributed by atoms with Crippen LogP contribution in [0.1, 0.15) is 26.3 Å².